The maximum Gasteiger partial charge on any atom is 0.274 e. The number of rotatable bonds is 6. The number of nitrogens with zero attached hydrogens (tertiary/aromatic N) is 4. The fourth-order valence-corrected chi connectivity index (χ4v) is 3.29. The Kier molecular flexibility index (Phi) is 6.77. The van der Waals surface area contributed by atoms with Gasteiger partial charge in [0.25, 0.3) is 11.8 Å². The molecule has 2 N–H and O–H groups in total. The van der Waals surface area contributed by atoms with Crippen molar-refractivity contribution in [3.05, 3.63) is 69.3 Å². The molecule has 2 heterocycles. The molecule has 0 radical (unpaired) electrons. The first-order valence-electron chi connectivity index (χ1n) is 9.36. The summed E-state index contributed by atoms with van der Waals surface area (Å²) in [6.07, 6.45) is 2.11. The quantitative estimate of drug-likeness (QED) is 0.553. The van der Waals surface area contributed by atoms with Crippen LogP contribution in [0, 0.1) is 24.1 Å². The van der Waals surface area contributed by atoms with E-state index in [4.69, 9.17) is 0 Å². The number of benzene rings is 1. The van der Waals surface area contributed by atoms with Gasteiger partial charge in [-0.2, -0.15) is 10.4 Å². The van der Waals surface area contributed by atoms with Crippen LogP contribution in [0.25, 0.3) is 5.82 Å². The standard InChI is InChI=1S/C21H18BrFN6O2/c1-3-6-26-20(30)14-9-13(11-24)8-12(2)18(14)27-21(31)16-10-17(22)28-29(16)19-15(23)5-4-7-25-19/h4-5,7-10H,3,6H2,1-2H3,(H,26,30)(H,27,31). The molecular formula is C21H18BrFN6O2. The van der Waals surface area contributed by atoms with Crippen molar-refractivity contribution in [3.63, 3.8) is 0 Å². The Balaban J connectivity index is 2.03. The molecule has 1 aromatic carbocycles. The van der Waals surface area contributed by atoms with Crippen LogP contribution in [0.5, 0.6) is 0 Å². The van der Waals surface area contributed by atoms with Crippen molar-refractivity contribution in [1.82, 2.24) is 20.1 Å². The third kappa shape index (κ3) is 4.78. The molecule has 0 unspecified atom stereocenters. The molecule has 0 spiro atoms. The van der Waals surface area contributed by atoms with E-state index in [0.717, 1.165) is 11.1 Å². The van der Waals surface area contributed by atoms with Crippen LogP contribution >= 0.6 is 15.9 Å². The van der Waals surface area contributed by atoms with Gasteiger partial charge in [0.15, 0.2) is 11.6 Å². The zero-order chi connectivity index (χ0) is 22.5. The number of nitriles is 1. The highest BCUT2D eigenvalue weighted by atomic mass is 79.9. The predicted molar refractivity (Wildman–Crippen MR) is 115 cm³/mol. The number of carbonyl (C=O) groups excluding carboxylic acids is 2. The molecule has 0 saturated carbocycles. The van der Waals surface area contributed by atoms with Crippen molar-refractivity contribution in [2.24, 2.45) is 0 Å². The molecule has 0 aliphatic carbocycles. The number of halogens is 2. The summed E-state index contributed by atoms with van der Waals surface area (Å²) in [6.45, 7) is 4.04. The number of aromatic nitrogens is 3. The minimum Gasteiger partial charge on any atom is -0.352 e. The summed E-state index contributed by atoms with van der Waals surface area (Å²) in [5.74, 6) is -1.83. The van der Waals surface area contributed by atoms with Crippen LogP contribution in [0.2, 0.25) is 0 Å². The van der Waals surface area contributed by atoms with Crippen LogP contribution in [-0.4, -0.2) is 33.1 Å². The van der Waals surface area contributed by atoms with Gasteiger partial charge in [-0.25, -0.2) is 14.1 Å². The summed E-state index contributed by atoms with van der Waals surface area (Å²) in [6, 6.07) is 9.05. The number of anilines is 1. The lowest BCUT2D eigenvalue weighted by Gasteiger charge is -2.15. The molecule has 3 aromatic rings. The topological polar surface area (TPSA) is 113 Å². The first kappa shape index (κ1) is 22.1. The van der Waals surface area contributed by atoms with Gasteiger partial charge in [0.05, 0.1) is 22.9 Å². The average molecular weight is 485 g/mol. The molecule has 0 fully saturated rings. The Labute approximate surface area is 186 Å². The highest BCUT2D eigenvalue weighted by molar-refractivity contribution is 9.10. The van der Waals surface area contributed by atoms with Gasteiger partial charge in [0.1, 0.15) is 10.3 Å². The van der Waals surface area contributed by atoms with E-state index < -0.39 is 17.6 Å². The van der Waals surface area contributed by atoms with Gasteiger partial charge >= 0.3 is 0 Å². The van der Waals surface area contributed by atoms with Crippen molar-refractivity contribution in [1.29, 1.82) is 5.26 Å². The first-order valence-corrected chi connectivity index (χ1v) is 10.2. The Morgan fingerprint density at radius 1 is 1.29 bits per heavy atom. The lowest BCUT2D eigenvalue weighted by molar-refractivity contribution is 0.0954. The molecule has 3 rings (SSSR count). The Morgan fingerprint density at radius 2 is 2.06 bits per heavy atom. The minimum absolute atomic E-state index is 0.00755. The number of nitrogens with one attached hydrogen (secondary N) is 2. The van der Waals surface area contributed by atoms with Crippen molar-refractivity contribution in [2.75, 3.05) is 11.9 Å². The van der Waals surface area contributed by atoms with Crippen molar-refractivity contribution < 1.29 is 14.0 Å². The summed E-state index contributed by atoms with van der Waals surface area (Å²) >= 11 is 3.20. The summed E-state index contributed by atoms with van der Waals surface area (Å²) in [5.41, 5.74) is 1.24. The van der Waals surface area contributed by atoms with Gasteiger partial charge < -0.3 is 10.6 Å². The van der Waals surface area contributed by atoms with Gasteiger partial charge in [-0.15, -0.1) is 0 Å². The molecule has 0 aliphatic rings. The summed E-state index contributed by atoms with van der Waals surface area (Å²) in [4.78, 5) is 29.7. The van der Waals surface area contributed by atoms with E-state index in [-0.39, 0.29) is 22.8 Å². The van der Waals surface area contributed by atoms with Gasteiger partial charge in [-0.05, 0) is 59.1 Å². The van der Waals surface area contributed by atoms with E-state index in [2.05, 4.69) is 36.6 Å². The SMILES string of the molecule is CCCNC(=O)c1cc(C#N)cc(C)c1NC(=O)c1cc(Br)nn1-c1ncccc1F. The number of hydrogen-bond acceptors (Lipinski definition) is 5. The second kappa shape index (κ2) is 9.49. The molecule has 158 valence electrons. The van der Waals surface area contributed by atoms with E-state index in [1.165, 1.54) is 30.5 Å². The van der Waals surface area contributed by atoms with Gasteiger partial charge in [0, 0.05) is 18.8 Å². The van der Waals surface area contributed by atoms with Gasteiger partial charge in [-0.3, -0.25) is 9.59 Å². The number of amides is 2. The third-order valence-electron chi connectivity index (χ3n) is 4.34. The van der Waals surface area contributed by atoms with Crippen LogP contribution in [-0.2, 0) is 0 Å². The molecule has 0 saturated heterocycles. The molecule has 31 heavy (non-hydrogen) atoms. The molecule has 0 bridgehead atoms. The average Bonchev–Trinajstić information content (AvgIpc) is 3.14. The van der Waals surface area contributed by atoms with E-state index in [0.29, 0.717) is 22.3 Å². The monoisotopic (exact) mass is 484 g/mol. The van der Waals surface area contributed by atoms with Gasteiger partial charge in [0.2, 0.25) is 0 Å². The lowest BCUT2D eigenvalue weighted by atomic mass is 10.0. The Bertz CT molecular complexity index is 1200. The molecule has 2 amide bonds. The van der Waals surface area contributed by atoms with Crippen LogP contribution in [0.15, 0.2) is 41.1 Å². The normalized spacial score (nSPS) is 10.4. The minimum atomic E-state index is -0.652. The van der Waals surface area contributed by atoms with E-state index in [9.17, 15) is 19.2 Å². The zero-order valence-corrected chi connectivity index (χ0v) is 18.3. The molecule has 2 aromatic heterocycles. The van der Waals surface area contributed by atoms with Crippen LogP contribution < -0.4 is 10.6 Å². The van der Waals surface area contributed by atoms with Crippen molar-refractivity contribution in [2.45, 2.75) is 20.3 Å². The number of pyridine rings is 1. The Hall–Kier alpha value is -3.58. The maximum absolute atomic E-state index is 14.2. The lowest BCUT2D eigenvalue weighted by Crippen LogP contribution is -2.27. The molecule has 0 aliphatic heterocycles. The van der Waals surface area contributed by atoms with Crippen LogP contribution in [0.1, 0.15) is 45.3 Å². The second-order valence-corrected chi connectivity index (χ2v) is 7.42. The molecule has 0 atom stereocenters. The largest absolute Gasteiger partial charge is 0.352 e. The number of carbonyl (C=O) groups is 2. The van der Waals surface area contributed by atoms with E-state index in [1.807, 2.05) is 13.0 Å². The molecule has 8 nitrogen and oxygen atoms in total. The smallest absolute Gasteiger partial charge is 0.274 e. The number of hydrogen-bond donors (Lipinski definition) is 2. The number of aryl methyl sites for hydroxylation is 1. The second-order valence-electron chi connectivity index (χ2n) is 6.61. The highest BCUT2D eigenvalue weighted by Crippen LogP contribution is 2.25. The van der Waals surface area contributed by atoms with Crippen LogP contribution in [0.4, 0.5) is 10.1 Å². The van der Waals surface area contributed by atoms with E-state index >= 15 is 0 Å². The molecular weight excluding hydrogens is 467 g/mol. The summed E-state index contributed by atoms with van der Waals surface area (Å²) in [5, 5.41) is 18.8. The third-order valence-corrected chi connectivity index (χ3v) is 4.72. The van der Waals surface area contributed by atoms with Crippen molar-refractivity contribution in [3.8, 4) is 11.9 Å². The van der Waals surface area contributed by atoms with Gasteiger partial charge in [-0.1, -0.05) is 6.92 Å². The predicted octanol–water partition coefficient (Wildman–Crippen LogP) is 3.74. The van der Waals surface area contributed by atoms with Crippen LogP contribution in [0.3, 0.4) is 0 Å². The highest BCUT2D eigenvalue weighted by Gasteiger charge is 2.22. The zero-order valence-electron chi connectivity index (χ0n) is 16.7. The van der Waals surface area contributed by atoms with Crippen molar-refractivity contribution >= 4 is 33.4 Å². The fourth-order valence-electron chi connectivity index (χ4n) is 2.92. The fraction of sp³-hybridized carbons (Fsp3) is 0.190. The first-order chi connectivity index (χ1) is 14.8. The summed E-state index contributed by atoms with van der Waals surface area (Å²) < 4.78 is 15.6. The Morgan fingerprint density at radius 3 is 2.74 bits per heavy atom. The molecule has 10 heteroatoms. The summed E-state index contributed by atoms with van der Waals surface area (Å²) in [7, 11) is 0. The van der Waals surface area contributed by atoms with E-state index in [1.54, 1.807) is 13.0 Å². The maximum atomic E-state index is 14.2.